The zero-order chi connectivity index (χ0) is 27.9. The Morgan fingerprint density at radius 2 is 1.79 bits per heavy atom. The van der Waals surface area contributed by atoms with Gasteiger partial charge in [0.15, 0.2) is 11.9 Å². The molecule has 0 bridgehead atoms. The first kappa shape index (κ1) is 27.1. The third kappa shape index (κ3) is 6.67. The van der Waals surface area contributed by atoms with Crippen LogP contribution in [0.2, 0.25) is 0 Å². The third-order valence-corrected chi connectivity index (χ3v) is 6.03. The van der Waals surface area contributed by atoms with Gasteiger partial charge in [-0.05, 0) is 67.8 Å². The van der Waals surface area contributed by atoms with Gasteiger partial charge >= 0.3 is 0 Å². The van der Waals surface area contributed by atoms with E-state index < -0.39 is 23.8 Å². The molecule has 0 fully saturated rings. The Labute approximate surface area is 224 Å². The Morgan fingerprint density at radius 1 is 1.03 bits per heavy atom. The van der Waals surface area contributed by atoms with Crippen LogP contribution in [0.15, 0.2) is 88.0 Å². The minimum absolute atomic E-state index is 0.0977. The van der Waals surface area contributed by atoms with Gasteiger partial charge in [0.1, 0.15) is 17.3 Å². The van der Waals surface area contributed by atoms with Crippen molar-refractivity contribution in [1.82, 2.24) is 10.5 Å². The quantitative estimate of drug-likeness (QED) is 0.297. The number of anilines is 2. The van der Waals surface area contributed by atoms with E-state index in [-0.39, 0.29) is 23.9 Å². The molecule has 2 aromatic carbocycles. The van der Waals surface area contributed by atoms with E-state index in [2.05, 4.69) is 15.8 Å². The highest BCUT2D eigenvalue weighted by atomic mass is 19.1. The molecule has 10 heteroatoms. The minimum atomic E-state index is -1.21. The molecule has 2 aromatic heterocycles. The van der Waals surface area contributed by atoms with Crippen molar-refractivity contribution in [2.75, 3.05) is 10.2 Å². The number of nitrogens with one attached hydrogen (secondary N) is 2. The average molecular weight is 531 g/mol. The first-order valence-electron chi connectivity index (χ1n) is 12.1. The van der Waals surface area contributed by atoms with Crippen molar-refractivity contribution in [3.8, 4) is 0 Å². The van der Waals surface area contributed by atoms with Crippen LogP contribution in [0.3, 0.4) is 0 Å². The first-order valence-corrected chi connectivity index (χ1v) is 12.1. The van der Waals surface area contributed by atoms with Crippen LogP contribution < -0.4 is 15.5 Å². The lowest BCUT2D eigenvalue weighted by Gasteiger charge is -2.30. The molecule has 9 nitrogen and oxygen atoms in total. The lowest BCUT2D eigenvalue weighted by Crippen LogP contribution is -2.43. The van der Waals surface area contributed by atoms with Gasteiger partial charge in [-0.15, -0.1) is 0 Å². The second-order valence-electron chi connectivity index (χ2n) is 8.83. The van der Waals surface area contributed by atoms with E-state index in [9.17, 15) is 18.8 Å². The molecule has 200 valence electrons. The Hall–Kier alpha value is -4.99. The molecule has 39 heavy (non-hydrogen) atoms. The predicted molar refractivity (Wildman–Crippen MR) is 142 cm³/mol. The number of furan rings is 1. The summed E-state index contributed by atoms with van der Waals surface area (Å²) in [6.45, 7) is 5.51. The van der Waals surface area contributed by atoms with Crippen molar-refractivity contribution in [2.45, 2.75) is 33.4 Å². The second-order valence-corrected chi connectivity index (χ2v) is 8.83. The molecule has 0 aliphatic carbocycles. The van der Waals surface area contributed by atoms with Crippen molar-refractivity contribution in [1.29, 1.82) is 0 Å². The fourth-order valence-electron chi connectivity index (χ4n) is 3.91. The van der Waals surface area contributed by atoms with Gasteiger partial charge in [0.25, 0.3) is 11.8 Å². The highest BCUT2D eigenvalue weighted by Gasteiger charge is 2.35. The van der Waals surface area contributed by atoms with Crippen LogP contribution >= 0.6 is 0 Å². The van der Waals surface area contributed by atoms with Crippen LogP contribution in [0.4, 0.5) is 15.9 Å². The topological polar surface area (TPSA) is 118 Å². The normalized spacial score (nSPS) is 11.8. The summed E-state index contributed by atoms with van der Waals surface area (Å²) in [5.74, 6) is -1.22. The Morgan fingerprint density at radius 3 is 2.46 bits per heavy atom. The van der Waals surface area contributed by atoms with Gasteiger partial charge < -0.3 is 19.6 Å². The molecule has 1 atom stereocenters. The van der Waals surface area contributed by atoms with Crippen molar-refractivity contribution in [3.05, 3.63) is 113 Å². The number of hydrogen-bond donors (Lipinski definition) is 2. The Bertz CT molecular complexity index is 1490. The average Bonchev–Trinajstić information content (AvgIpc) is 3.59. The van der Waals surface area contributed by atoms with Gasteiger partial charge in [0, 0.05) is 30.5 Å². The summed E-state index contributed by atoms with van der Waals surface area (Å²) in [6.07, 6.45) is 3.54. The van der Waals surface area contributed by atoms with Crippen LogP contribution in [-0.4, -0.2) is 22.9 Å². The number of rotatable bonds is 9. The molecular formula is C29H27FN4O5. The maximum atomic E-state index is 13.7. The second kappa shape index (κ2) is 12.0. The lowest BCUT2D eigenvalue weighted by molar-refractivity contribution is -0.125. The lowest BCUT2D eigenvalue weighted by atomic mass is 10.0. The fourth-order valence-corrected chi connectivity index (χ4v) is 3.91. The Balaban J connectivity index is 1.66. The number of hydrogen-bond acceptors (Lipinski definition) is 6. The molecule has 4 aromatic rings. The van der Waals surface area contributed by atoms with E-state index in [0.29, 0.717) is 17.0 Å². The Kier molecular flexibility index (Phi) is 8.35. The van der Waals surface area contributed by atoms with Crippen LogP contribution in [-0.2, 0) is 20.9 Å². The number of carbonyl (C=O) groups is 3. The van der Waals surface area contributed by atoms with E-state index >= 15 is 0 Å². The number of amides is 3. The summed E-state index contributed by atoms with van der Waals surface area (Å²) in [5.41, 5.74) is 2.81. The summed E-state index contributed by atoms with van der Waals surface area (Å²) in [5, 5.41) is 9.02. The van der Waals surface area contributed by atoms with Gasteiger partial charge in [0.05, 0.1) is 6.26 Å². The van der Waals surface area contributed by atoms with Crippen molar-refractivity contribution < 1.29 is 27.7 Å². The number of benzene rings is 2. The molecule has 1 unspecified atom stereocenters. The number of aromatic nitrogens is 1. The zero-order valence-electron chi connectivity index (χ0n) is 21.6. The molecule has 0 saturated heterocycles. The van der Waals surface area contributed by atoms with E-state index in [4.69, 9.17) is 8.94 Å². The molecule has 3 amide bonds. The molecule has 4 rings (SSSR count). The number of carbonyl (C=O) groups excluding carboxylic acids is 3. The molecule has 0 aliphatic rings. The van der Waals surface area contributed by atoms with E-state index in [1.807, 2.05) is 19.9 Å². The molecule has 0 saturated carbocycles. The van der Waals surface area contributed by atoms with E-state index in [0.717, 1.165) is 23.3 Å². The smallest absolute Gasteiger partial charge is 0.252 e. The van der Waals surface area contributed by atoms with Crippen molar-refractivity contribution >= 4 is 29.2 Å². The minimum Gasteiger partial charge on any atom is -0.467 e. The predicted octanol–water partition coefficient (Wildman–Crippen LogP) is 4.92. The maximum Gasteiger partial charge on any atom is 0.252 e. The molecule has 0 radical (unpaired) electrons. The van der Waals surface area contributed by atoms with Crippen molar-refractivity contribution in [2.24, 2.45) is 0 Å². The molecule has 0 spiro atoms. The highest BCUT2D eigenvalue weighted by molar-refractivity contribution is 6.10. The molecule has 0 aliphatic heterocycles. The SMILES string of the molecule is Cc1cc(NC(=O)C=CC(=O)N(c2cccc(C)c2C)C(C(=O)NCc2ccc(F)cc2)c2ccco2)no1. The van der Waals surface area contributed by atoms with Gasteiger partial charge in [-0.2, -0.15) is 0 Å². The van der Waals surface area contributed by atoms with Crippen LogP contribution in [0, 0.1) is 26.6 Å². The van der Waals surface area contributed by atoms with E-state index in [1.54, 1.807) is 43.3 Å². The summed E-state index contributed by atoms with van der Waals surface area (Å²) < 4.78 is 23.8. The van der Waals surface area contributed by atoms with Crippen LogP contribution in [0.5, 0.6) is 0 Å². The monoisotopic (exact) mass is 530 g/mol. The highest BCUT2D eigenvalue weighted by Crippen LogP contribution is 2.32. The molecule has 2 heterocycles. The fraction of sp³-hybridized carbons (Fsp3) is 0.172. The summed E-state index contributed by atoms with van der Waals surface area (Å²) in [4.78, 5) is 41.0. The van der Waals surface area contributed by atoms with E-state index in [1.165, 1.54) is 29.4 Å². The summed E-state index contributed by atoms with van der Waals surface area (Å²) >= 11 is 0. The van der Waals surface area contributed by atoms with Crippen molar-refractivity contribution in [3.63, 3.8) is 0 Å². The third-order valence-electron chi connectivity index (χ3n) is 6.03. The summed E-state index contributed by atoms with van der Waals surface area (Å²) in [6, 6.07) is 14.6. The zero-order valence-corrected chi connectivity index (χ0v) is 21.6. The maximum absolute atomic E-state index is 13.7. The van der Waals surface area contributed by atoms with Crippen LogP contribution in [0.1, 0.15) is 34.3 Å². The molecule has 2 N–H and O–H groups in total. The first-order chi connectivity index (χ1) is 18.7. The van der Waals surface area contributed by atoms with Crippen LogP contribution in [0.25, 0.3) is 0 Å². The number of halogens is 1. The standard InChI is InChI=1S/C29H27FN4O5/c1-18-6-4-7-23(20(18)3)34(27(36)14-13-26(35)32-25-16-19(2)39-33-25)28(24-8-5-15-38-24)29(37)31-17-21-9-11-22(30)12-10-21/h4-16,28H,17H2,1-3H3,(H,31,37)(H,32,33,35). The number of nitrogens with zero attached hydrogens (tertiary/aromatic N) is 2. The summed E-state index contributed by atoms with van der Waals surface area (Å²) in [7, 11) is 0. The van der Waals surface area contributed by atoms with Gasteiger partial charge in [0.2, 0.25) is 5.91 Å². The largest absolute Gasteiger partial charge is 0.467 e. The molecular weight excluding hydrogens is 503 g/mol. The van der Waals surface area contributed by atoms with Gasteiger partial charge in [-0.25, -0.2) is 4.39 Å². The van der Waals surface area contributed by atoms with Gasteiger partial charge in [-0.3, -0.25) is 19.3 Å². The van der Waals surface area contributed by atoms with Gasteiger partial charge in [-0.1, -0.05) is 29.4 Å². The number of aryl methyl sites for hydroxylation is 2.